The number of allylic oxidation sites excluding steroid dienone is 2. The Morgan fingerprint density at radius 2 is 1.82 bits per heavy atom. The molecule has 2 aromatic carbocycles. The van der Waals surface area contributed by atoms with Gasteiger partial charge < -0.3 is 9.84 Å². The summed E-state index contributed by atoms with van der Waals surface area (Å²) in [5, 5.41) is 10.8. The molecule has 0 bridgehead atoms. The molecule has 1 unspecified atom stereocenters. The Morgan fingerprint density at radius 1 is 1.11 bits per heavy atom. The van der Waals surface area contributed by atoms with Gasteiger partial charge in [0.1, 0.15) is 17.2 Å². The van der Waals surface area contributed by atoms with Crippen molar-refractivity contribution in [1.82, 2.24) is 0 Å². The summed E-state index contributed by atoms with van der Waals surface area (Å²) in [4.78, 5) is 17.7. The highest BCUT2D eigenvalue weighted by molar-refractivity contribution is 6.23. The second-order valence-corrected chi connectivity index (χ2v) is 7.09. The summed E-state index contributed by atoms with van der Waals surface area (Å²) in [6.07, 6.45) is 3.39. The second kappa shape index (κ2) is 9.36. The van der Waals surface area contributed by atoms with Crippen molar-refractivity contribution < 1.29 is 14.6 Å². The van der Waals surface area contributed by atoms with Gasteiger partial charge in [-0.2, -0.15) is 0 Å². The number of aliphatic hydroxyl groups excluding tert-OH is 1. The van der Waals surface area contributed by atoms with Crippen LogP contribution in [0.4, 0.5) is 5.69 Å². The van der Waals surface area contributed by atoms with Gasteiger partial charge in [0, 0.05) is 12.8 Å². The van der Waals surface area contributed by atoms with E-state index in [4.69, 9.17) is 9.73 Å². The first-order chi connectivity index (χ1) is 13.6. The van der Waals surface area contributed by atoms with Crippen LogP contribution in [0.5, 0.6) is 5.75 Å². The Morgan fingerprint density at radius 3 is 2.50 bits per heavy atom. The predicted molar refractivity (Wildman–Crippen MR) is 113 cm³/mol. The number of unbranched alkanes of at least 4 members (excludes halogenated alkanes) is 1. The van der Waals surface area contributed by atoms with Crippen LogP contribution in [-0.4, -0.2) is 23.7 Å². The van der Waals surface area contributed by atoms with Crippen LogP contribution >= 0.6 is 0 Å². The van der Waals surface area contributed by atoms with Crippen LogP contribution in [-0.2, 0) is 4.79 Å². The number of carbonyl (C=O) groups excluding carboxylic acids is 1. The SMILES string of the molecule is CCCCC(=Nc1ccccc1OC)C1=C(O)CC(c2ccccc2)CC1=O. The molecule has 1 N–H and O–H groups in total. The quantitative estimate of drug-likeness (QED) is 0.610. The number of ketones is 1. The molecule has 28 heavy (non-hydrogen) atoms. The fourth-order valence-corrected chi connectivity index (χ4v) is 3.63. The molecule has 4 nitrogen and oxygen atoms in total. The van der Waals surface area contributed by atoms with Crippen molar-refractivity contribution >= 4 is 17.2 Å². The van der Waals surface area contributed by atoms with Crippen LogP contribution in [0.1, 0.15) is 50.5 Å². The largest absolute Gasteiger partial charge is 0.511 e. The van der Waals surface area contributed by atoms with Gasteiger partial charge in [-0.1, -0.05) is 55.8 Å². The molecule has 0 spiro atoms. The van der Waals surface area contributed by atoms with E-state index in [1.807, 2.05) is 54.6 Å². The molecular weight excluding hydrogens is 350 g/mol. The number of aliphatic hydroxyl groups is 1. The lowest BCUT2D eigenvalue weighted by Crippen LogP contribution is -2.23. The number of para-hydroxylation sites is 2. The van der Waals surface area contributed by atoms with Gasteiger partial charge in [0.15, 0.2) is 5.78 Å². The number of aliphatic imine (C=N–C) groups is 1. The monoisotopic (exact) mass is 377 g/mol. The van der Waals surface area contributed by atoms with E-state index in [1.165, 1.54) is 0 Å². The molecule has 0 saturated carbocycles. The fraction of sp³-hybridized carbons (Fsp3) is 0.333. The minimum atomic E-state index is -0.0395. The van der Waals surface area contributed by atoms with Crippen LogP contribution in [0.15, 0.2) is 70.9 Å². The Labute approximate surface area is 166 Å². The van der Waals surface area contributed by atoms with E-state index in [0.717, 1.165) is 18.4 Å². The molecule has 0 amide bonds. The van der Waals surface area contributed by atoms with E-state index in [-0.39, 0.29) is 17.5 Å². The molecule has 3 rings (SSSR count). The number of methoxy groups -OCH3 is 1. The minimum absolute atomic E-state index is 0.0103. The standard InChI is InChI=1S/C24H27NO3/c1-3-4-12-20(25-19-13-8-9-14-23(19)28-2)24-21(26)15-18(16-22(24)27)17-10-6-5-7-11-17/h5-11,13-14,18,26H,3-4,12,15-16H2,1-2H3. The second-order valence-electron chi connectivity index (χ2n) is 7.09. The number of hydrogen-bond donors (Lipinski definition) is 1. The number of rotatable bonds is 7. The molecule has 1 aliphatic rings. The van der Waals surface area contributed by atoms with E-state index in [1.54, 1.807) is 7.11 Å². The average molecular weight is 377 g/mol. The van der Waals surface area contributed by atoms with Gasteiger partial charge in [-0.15, -0.1) is 0 Å². The number of nitrogens with zero attached hydrogens (tertiary/aromatic N) is 1. The van der Waals surface area contributed by atoms with Crippen LogP contribution < -0.4 is 4.74 Å². The third-order valence-electron chi connectivity index (χ3n) is 5.11. The third kappa shape index (κ3) is 4.50. The third-order valence-corrected chi connectivity index (χ3v) is 5.11. The number of ether oxygens (including phenoxy) is 1. The molecule has 2 aromatic rings. The number of benzene rings is 2. The average Bonchev–Trinajstić information content (AvgIpc) is 2.72. The molecule has 146 valence electrons. The lowest BCUT2D eigenvalue weighted by Gasteiger charge is -2.24. The lowest BCUT2D eigenvalue weighted by atomic mass is 9.80. The van der Waals surface area contributed by atoms with E-state index >= 15 is 0 Å². The summed E-state index contributed by atoms with van der Waals surface area (Å²) < 4.78 is 5.40. The minimum Gasteiger partial charge on any atom is -0.511 e. The maximum atomic E-state index is 13.0. The molecule has 1 aliphatic carbocycles. The molecule has 0 aromatic heterocycles. The van der Waals surface area contributed by atoms with Crippen molar-refractivity contribution in [1.29, 1.82) is 0 Å². The summed E-state index contributed by atoms with van der Waals surface area (Å²) in [6.45, 7) is 2.10. The Hall–Kier alpha value is -2.88. The molecule has 0 radical (unpaired) electrons. The number of carbonyl (C=O) groups is 1. The first-order valence-electron chi connectivity index (χ1n) is 9.85. The predicted octanol–water partition coefficient (Wildman–Crippen LogP) is 5.92. The zero-order chi connectivity index (χ0) is 19.9. The molecule has 0 heterocycles. The summed E-state index contributed by atoms with van der Waals surface area (Å²) in [5.74, 6) is 0.773. The molecule has 1 atom stereocenters. The smallest absolute Gasteiger partial charge is 0.168 e. The molecule has 0 aliphatic heterocycles. The highest BCUT2D eigenvalue weighted by Crippen LogP contribution is 2.36. The Balaban J connectivity index is 1.97. The summed E-state index contributed by atoms with van der Waals surface area (Å²) in [7, 11) is 1.60. The first kappa shape index (κ1) is 19.9. The number of hydrogen-bond acceptors (Lipinski definition) is 4. The van der Waals surface area contributed by atoms with Crippen molar-refractivity contribution in [2.75, 3.05) is 7.11 Å². The van der Waals surface area contributed by atoms with Gasteiger partial charge >= 0.3 is 0 Å². The highest BCUT2D eigenvalue weighted by Gasteiger charge is 2.31. The van der Waals surface area contributed by atoms with E-state index in [9.17, 15) is 9.90 Å². The van der Waals surface area contributed by atoms with Gasteiger partial charge in [-0.25, -0.2) is 4.99 Å². The van der Waals surface area contributed by atoms with Crippen molar-refractivity contribution in [3.8, 4) is 5.75 Å². The van der Waals surface area contributed by atoms with Gasteiger partial charge in [0.2, 0.25) is 0 Å². The zero-order valence-electron chi connectivity index (χ0n) is 16.5. The van der Waals surface area contributed by atoms with Gasteiger partial charge in [-0.3, -0.25) is 4.79 Å². The Kier molecular flexibility index (Phi) is 6.64. The zero-order valence-corrected chi connectivity index (χ0v) is 16.5. The summed E-state index contributed by atoms with van der Waals surface area (Å²) in [6, 6.07) is 17.4. The van der Waals surface area contributed by atoms with Crippen molar-refractivity contribution in [3.63, 3.8) is 0 Å². The van der Waals surface area contributed by atoms with E-state index in [2.05, 4.69) is 6.92 Å². The van der Waals surface area contributed by atoms with Crippen LogP contribution in [0, 0.1) is 0 Å². The van der Waals surface area contributed by atoms with Crippen LogP contribution in [0.2, 0.25) is 0 Å². The van der Waals surface area contributed by atoms with Crippen LogP contribution in [0.25, 0.3) is 0 Å². The van der Waals surface area contributed by atoms with Crippen molar-refractivity contribution in [2.24, 2.45) is 4.99 Å². The summed E-state index contributed by atoms with van der Waals surface area (Å²) >= 11 is 0. The normalized spacial score (nSPS) is 17.7. The van der Waals surface area contributed by atoms with Gasteiger partial charge in [0.05, 0.1) is 18.4 Å². The lowest BCUT2D eigenvalue weighted by molar-refractivity contribution is -0.116. The van der Waals surface area contributed by atoms with Gasteiger partial charge in [0.25, 0.3) is 0 Å². The van der Waals surface area contributed by atoms with Gasteiger partial charge in [-0.05, 0) is 36.5 Å². The summed E-state index contributed by atoms with van der Waals surface area (Å²) in [5.41, 5.74) is 2.81. The molecule has 0 saturated heterocycles. The topological polar surface area (TPSA) is 58.9 Å². The molecule has 0 fully saturated rings. The maximum Gasteiger partial charge on any atom is 0.168 e. The fourth-order valence-electron chi connectivity index (χ4n) is 3.63. The first-order valence-corrected chi connectivity index (χ1v) is 9.85. The highest BCUT2D eigenvalue weighted by atomic mass is 16.5. The van der Waals surface area contributed by atoms with Crippen LogP contribution in [0.3, 0.4) is 0 Å². The molecular formula is C24H27NO3. The Bertz CT molecular complexity index is 884. The van der Waals surface area contributed by atoms with Crippen molar-refractivity contribution in [2.45, 2.75) is 44.9 Å². The maximum absolute atomic E-state index is 13.0. The van der Waals surface area contributed by atoms with Crippen molar-refractivity contribution in [3.05, 3.63) is 71.5 Å². The van der Waals surface area contributed by atoms with E-state index in [0.29, 0.717) is 42.0 Å². The van der Waals surface area contributed by atoms with E-state index < -0.39 is 0 Å². The number of Topliss-reactive ketones (excluding diaryl/α,β-unsaturated/α-hetero) is 1. The molecule has 4 heteroatoms.